The molecule has 0 spiro atoms. The summed E-state index contributed by atoms with van der Waals surface area (Å²) >= 11 is 0. The van der Waals surface area contributed by atoms with Crippen molar-refractivity contribution >= 4 is 21.7 Å². The summed E-state index contributed by atoms with van der Waals surface area (Å²) in [6, 6.07) is 11.5. The molecule has 0 fully saturated rings. The Bertz CT molecular complexity index is 612. The van der Waals surface area contributed by atoms with E-state index in [2.05, 4.69) is 19.9 Å². The molecule has 18 heavy (non-hydrogen) atoms. The number of hydrogen-bond donors (Lipinski definition) is 1. The Hall–Kier alpha value is -1.66. The number of benzene rings is 2. The lowest BCUT2D eigenvalue weighted by molar-refractivity contribution is 0.481. The van der Waals surface area contributed by atoms with Crippen LogP contribution in [0.2, 0.25) is 0 Å². The highest BCUT2D eigenvalue weighted by atomic mass is 32.2. The summed E-state index contributed by atoms with van der Waals surface area (Å²) in [6.45, 7) is 4.36. The van der Waals surface area contributed by atoms with Gasteiger partial charge in [0.1, 0.15) is 17.3 Å². The highest BCUT2D eigenvalue weighted by molar-refractivity contribution is 7.97. The predicted molar refractivity (Wildman–Crippen MR) is 77.0 cm³/mol. The fourth-order valence-electron chi connectivity index (χ4n) is 2.22. The van der Waals surface area contributed by atoms with Gasteiger partial charge in [-0.1, -0.05) is 6.07 Å². The van der Waals surface area contributed by atoms with E-state index in [1.165, 1.54) is 4.90 Å². The molecule has 0 aromatic heterocycles. The number of hydrogen-bond acceptors (Lipinski definition) is 2. The minimum atomic E-state index is 0.185. The molecule has 2 rings (SSSR count). The molecule has 0 bridgehead atoms. The van der Waals surface area contributed by atoms with Gasteiger partial charge in [0.25, 0.3) is 0 Å². The smallest absolute Gasteiger partial charge is 0.162 e. The maximum Gasteiger partial charge on any atom is 0.162 e. The topological polar surface area (TPSA) is 44.0 Å². The van der Waals surface area contributed by atoms with E-state index in [-0.39, 0.29) is 16.6 Å². The summed E-state index contributed by atoms with van der Waals surface area (Å²) in [4.78, 5) is 1.25. The van der Waals surface area contributed by atoms with E-state index in [9.17, 15) is 5.11 Å². The van der Waals surface area contributed by atoms with Crippen molar-refractivity contribution in [2.75, 3.05) is 11.5 Å². The van der Waals surface area contributed by atoms with Gasteiger partial charge in [0, 0.05) is 21.7 Å². The number of phenols is 1. The van der Waals surface area contributed by atoms with Gasteiger partial charge >= 0.3 is 0 Å². The molecule has 2 aromatic rings. The Morgan fingerprint density at radius 2 is 1.89 bits per heavy atom. The van der Waals surface area contributed by atoms with Gasteiger partial charge in [-0.3, -0.25) is 0 Å². The minimum Gasteiger partial charge on any atom is -0.507 e. The van der Waals surface area contributed by atoms with E-state index < -0.39 is 0 Å². The van der Waals surface area contributed by atoms with Crippen LogP contribution < -0.4 is 0 Å². The van der Waals surface area contributed by atoms with Crippen LogP contribution in [0.25, 0.3) is 10.8 Å². The molecule has 0 amide bonds. The summed E-state index contributed by atoms with van der Waals surface area (Å²) in [7, 11) is 0.185. The molecule has 2 aromatic carbocycles. The van der Waals surface area contributed by atoms with Gasteiger partial charge in [-0.15, -0.1) is 0 Å². The second kappa shape index (κ2) is 5.32. The maximum atomic E-state index is 9.99. The summed E-state index contributed by atoms with van der Waals surface area (Å²) in [5, 5.41) is 20.8. The third kappa shape index (κ3) is 2.04. The number of rotatable bonds is 3. The van der Waals surface area contributed by atoms with E-state index in [1.807, 2.05) is 24.3 Å². The number of nitriles is 1. The van der Waals surface area contributed by atoms with Gasteiger partial charge in [-0.05, 0) is 38.1 Å². The third-order valence-corrected chi connectivity index (χ3v) is 5.48. The van der Waals surface area contributed by atoms with Crippen molar-refractivity contribution in [2.45, 2.75) is 18.7 Å². The van der Waals surface area contributed by atoms with Crippen LogP contribution in [0, 0.1) is 11.3 Å². The lowest BCUT2D eigenvalue weighted by atomic mass is 10.0. The second-order valence-corrected chi connectivity index (χ2v) is 6.57. The first kappa shape index (κ1) is 12.8. The van der Waals surface area contributed by atoms with E-state index in [1.54, 1.807) is 6.07 Å². The normalized spacial score (nSPS) is 10.8. The summed E-state index contributed by atoms with van der Waals surface area (Å²) < 4.78 is 0. The van der Waals surface area contributed by atoms with Gasteiger partial charge < -0.3 is 5.11 Å². The van der Waals surface area contributed by atoms with Gasteiger partial charge in [-0.25, -0.2) is 0 Å². The molecule has 0 aliphatic carbocycles. The monoisotopic (exact) mass is 258 g/mol. The number of nitrogens with zero attached hydrogens (tertiary/aromatic N) is 1. The molecule has 92 valence electrons. The molecular weight excluding hydrogens is 242 g/mol. The molecule has 0 aliphatic rings. The molecule has 0 aliphatic heterocycles. The zero-order valence-corrected chi connectivity index (χ0v) is 11.4. The summed E-state index contributed by atoms with van der Waals surface area (Å²) in [5.74, 6) is 2.38. The fourth-order valence-corrected chi connectivity index (χ4v) is 3.99. The minimum absolute atomic E-state index is 0.185. The molecule has 3 heteroatoms. The number of fused-ring (bicyclic) bond motifs is 1. The average molecular weight is 258 g/mol. The zero-order chi connectivity index (χ0) is 13.1. The first-order valence-electron chi connectivity index (χ1n) is 6.05. The van der Waals surface area contributed by atoms with Crippen LogP contribution in [0.1, 0.15) is 19.4 Å². The SMILES string of the molecule is CC[S+](CC)c1ccc(C#N)c2c(O)cccc12. The molecule has 0 radical (unpaired) electrons. The second-order valence-electron chi connectivity index (χ2n) is 3.99. The zero-order valence-electron chi connectivity index (χ0n) is 10.6. The Kier molecular flexibility index (Phi) is 3.78. The van der Waals surface area contributed by atoms with Crippen molar-refractivity contribution in [2.24, 2.45) is 0 Å². The Labute approximate surface area is 110 Å². The van der Waals surface area contributed by atoms with E-state index in [4.69, 9.17) is 5.26 Å². The van der Waals surface area contributed by atoms with E-state index >= 15 is 0 Å². The molecule has 0 unspecified atom stereocenters. The predicted octanol–water partition coefficient (Wildman–Crippen LogP) is 3.43. The first-order valence-corrected chi connectivity index (χ1v) is 7.61. The lowest BCUT2D eigenvalue weighted by Crippen LogP contribution is -2.09. The molecule has 0 saturated heterocycles. The largest absolute Gasteiger partial charge is 0.507 e. The van der Waals surface area contributed by atoms with Crippen molar-refractivity contribution in [1.82, 2.24) is 0 Å². The van der Waals surface area contributed by atoms with Crippen molar-refractivity contribution in [3.05, 3.63) is 35.9 Å². The molecule has 2 nitrogen and oxygen atoms in total. The molecule has 1 N–H and O–H groups in total. The van der Waals surface area contributed by atoms with Gasteiger partial charge in [0.2, 0.25) is 0 Å². The molecular formula is C15H16NOS+. The van der Waals surface area contributed by atoms with Crippen LogP contribution in [0.5, 0.6) is 5.75 Å². The van der Waals surface area contributed by atoms with Crippen LogP contribution in [-0.4, -0.2) is 16.6 Å². The van der Waals surface area contributed by atoms with Crippen molar-refractivity contribution in [3.63, 3.8) is 0 Å². The highest BCUT2D eigenvalue weighted by Crippen LogP contribution is 2.33. The van der Waals surface area contributed by atoms with Crippen LogP contribution in [0.4, 0.5) is 0 Å². The molecule has 0 saturated carbocycles. The Balaban J connectivity index is 2.79. The van der Waals surface area contributed by atoms with Crippen molar-refractivity contribution < 1.29 is 5.11 Å². The highest BCUT2D eigenvalue weighted by Gasteiger charge is 2.22. The van der Waals surface area contributed by atoms with Crippen LogP contribution in [0.3, 0.4) is 0 Å². The van der Waals surface area contributed by atoms with Crippen molar-refractivity contribution in [3.8, 4) is 11.8 Å². The summed E-state index contributed by atoms with van der Waals surface area (Å²) in [5.41, 5.74) is 0.544. The van der Waals surface area contributed by atoms with Gasteiger partial charge in [-0.2, -0.15) is 5.26 Å². The first-order chi connectivity index (χ1) is 8.72. The Morgan fingerprint density at radius 3 is 2.50 bits per heavy atom. The lowest BCUT2D eigenvalue weighted by Gasteiger charge is -2.09. The average Bonchev–Trinajstić information content (AvgIpc) is 2.40. The Morgan fingerprint density at radius 1 is 1.17 bits per heavy atom. The number of phenolic OH excluding ortho intramolecular Hbond substituents is 1. The van der Waals surface area contributed by atoms with Gasteiger partial charge in [0.15, 0.2) is 4.90 Å². The van der Waals surface area contributed by atoms with E-state index in [0.717, 1.165) is 16.9 Å². The van der Waals surface area contributed by atoms with Crippen molar-refractivity contribution in [1.29, 1.82) is 5.26 Å². The third-order valence-electron chi connectivity index (χ3n) is 3.11. The molecule has 0 heterocycles. The van der Waals surface area contributed by atoms with Crippen LogP contribution >= 0.6 is 0 Å². The van der Waals surface area contributed by atoms with Crippen LogP contribution in [0.15, 0.2) is 35.2 Å². The van der Waals surface area contributed by atoms with E-state index in [0.29, 0.717) is 10.9 Å². The summed E-state index contributed by atoms with van der Waals surface area (Å²) in [6.07, 6.45) is 0. The fraction of sp³-hybridized carbons (Fsp3) is 0.267. The maximum absolute atomic E-state index is 9.99. The van der Waals surface area contributed by atoms with Gasteiger partial charge in [0.05, 0.1) is 11.6 Å². The van der Waals surface area contributed by atoms with Crippen LogP contribution in [-0.2, 0) is 10.9 Å². The standard InChI is InChI=1S/C15H15NOS/c1-3-18(4-2)14-9-8-11(10-16)15-12(14)6-5-7-13(15)17/h5-9H,3-4H2,1-2H3/p+1. The number of aromatic hydroxyl groups is 1. The quantitative estimate of drug-likeness (QED) is 0.857. The molecule has 0 atom stereocenters.